The van der Waals surface area contributed by atoms with E-state index < -0.39 is 6.10 Å². The van der Waals surface area contributed by atoms with Gasteiger partial charge in [-0.3, -0.25) is 4.68 Å². The molecular formula is C13H24ClN3O2. The second-order valence-corrected chi connectivity index (χ2v) is 5.62. The van der Waals surface area contributed by atoms with Crippen LogP contribution in [0, 0.1) is 5.92 Å². The molecule has 0 aliphatic carbocycles. The van der Waals surface area contributed by atoms with E-state index in [1.165, 1.54) is 0 Å². The fourth-order valence-electron chi connectivity index (χ4n) is 2.02. The molecule has 0 spiro atoms. The average Bonchev–Trinajstić information content (AvgIpc) is 2.68. The number of hydrogen-bond donors (Lipinski definition) is 1. The van der Waals surface area contributed by atoms with E-state index in [2.05, 4.69) is 10.00 Å². The maximum atomic E-state index is 10.3. The van der Waals surface area contributed by atoms with Crippen LogP contribution in [0.25, 0.3) is 0 Å². The van der Waals surface area contributed by atoms with Crippen molar-refractivity contribution in [2.45, 2.75) is 26.0 Å². The second kappa shape index (κ2) is 7.85. The highest BCUT2D eigenvalue weighted by atomic mass is 35.5. The Labute approximate surface area is 120 Å². The Balaban J connectivity index is 2.72. The minimum atomic E-state index is -0.609. The van der Waals surface area contributed by atoms with E-state index in [0.29, 0.717) is 30.3 Å². The summed E-state index contributed by atoms with van der Waals surface area (Å²) in [7, 11) is 5.67. The van der Waals surface area contributed by atoms with Crippen molar-refractivity contribution in [3.05, 3.63) is 16.9 Å². The van der Waals surface area contributed by atoms with Gasteiger partial charge in [-0.15, -0.1) is 0 Å². The molecule has 0 amide bonds. The fraction of sp³-hybridized carbons (Fsp3) is 0.769. The third-order valence-corrected chi connectivity index (χ3v) is 3.28. The zero-order chi connectivity index (χ0) is 14.4. The Morgan fingerprint density at radius 1 is 1.53 bits per heavy atom. The summed E-state index contributed by atoms with van der Waals surface area (Å²) in [6.45, 7) is 4.23. The van der Waals surface area contributed by atoms with Crippen molar-refractivity contribution in [2.75, 3.05) is 34.4 Å². The van der Waals surface area contributed by atoms with Crippen LogP contribution in [0.5, 0.6) is 0 Å². The van der Waals surface area contributed by atoms with E-state index in [9.17, 15) is 5.11 Å². The van der Waals surface area contributed by atoms with E-state index in [4.69, 9.17) is 16.3 Å². The first kappa shape index (κ1) is 16.4. The molecule has 2 atom stereocenters. The molecule has 0 bridgehead atoms. The van der Waals surface area contributed by atoms with Gasteiger partial charge in [-0.25, -0.2) is 0 Å². The van der Waals surface area contributed by atoms with E-state index in [1.54, 1.807) is 18.0 Å². The lowest BCUT2D eigenvalue weighted by molar-refractivity contribution is 0.0962. The van der Waals surface area contributed by atoms with Gasteiger partial charge in [0.05, 0.1) is 29.6 Å². The van der Waals surface area contributed by atoms with E-state index >= 15 is 0 Å². The van der Waals surface area contributed by atoms with Gasteiger partial charge < -0.3 is 14.7 Å². The highest BCUT2D eigenvalue weighted by Crippen LogP contribution is 2.27. The number of hydrogen-bond acceptors (Lipinski definition) is 4. The van der Waals surface area contributed by atoms with Crippen LogP contribution in [-0.4, -0.2) is 54.1 Å². The van der Waals surface area contributed by atoms with Crippen LogP contribution in [0.3, 0.4) is 0 Å². The van der Waals surface area contributed by atoms with Gasteiger partial charge in [0.1, 0.15) is 0 Å². The van der Waals surface area contributed by atoms with Crippen LogP contribution >= 0.6 is 11.6 Å². The molecule has 110 valence electrons. The molecular weight excluding hydrogens is 266 g/mol. The Hall–Kier alpha value is -0.620. The first-order chi connectivity index (χ1) is 8.95. The number of ether oxygens (including phenoxy) is 1. The zero-order valence-electron chi connectivity index (χ0n) is 12.1. The van der Waals surface area contributed by atoms with Crippen LogP contribution < -0.4 is 0 Å². The predicted octanol–water partition coefficient (Wildman–Crippen LogP) is 1.80. The van der Waals surface area contributed by atoms with Crippen molar-refractivity contribution in [3.63, 3.8) is 0 Å². The van der Waals surface area contributed by atoms with Crippen LogP contribution in [0.15, 0.2) is 6.20 Å². The van der Waals surface area contributed by atoms with Crippen molar-refractivity contribution in [1.29, 1.82) is 0 Å². The first-order valence-electron chi connectivity index (χ1n) is 6.48. The maximum Gasteiger partial charge on any atom is 0.0975 e. The van der Waals surface area contributed by atoms with Crippen molar-refractivity contribution in [2.24, 2.45) is 5.92 Å². The van der Waals surface area contributed by atoms with E-state index in [0.717, 1.165) is 6.54 Å². The molecule has 6 heteroatoms. The van der Waals surface area contributed by atoms with Crippen molar-refractivity contribution < 1.29 is 9.84 Å². The number of methoxy groups -OCH3 is 1. The molecule has 1 aromatic heterocycles. The average molecular weight is 290 g/mol. The summed E-state index contributed by atoms with van der Waals surface area (Å²) in [5.41, 5.74) is 0.700. The lowest BCUT2D eigenvalue weighted by atomic mass is 10.0. The molecule has 1 N–H and O–H groups in total. The maximum absolute atomic E-state index is 10.3. The van der Waals surface area contributed by atoms with Crippen molar-refractivity contribution in [1.82, 2.24) is 14.7 Å². The smallest absolute Gasteiger partial charge is 0.0975 e. The number of rotatable bonds is 8. The number of halogens is 1. The van der Waals surface area contributed by atoms with Gasteiger partial charge in [0, 0.05) is 20.3 Å². The lowest BCUT2D eigenvalue weighted by Gasteiger charge is -2.18. The largest absolute Gasteiger partial charge is 0.387 e. The Bertz CT molecular complexity index is 382. The summed E-state index contributed by atoms with van der Waals surface area (Å²) in [5.74, 6) is 0.272. The van der Waals surface area contributed by atoms with Crippen LogP contribution in [0.2, 0.25) is 5.02 Å². The van der Waals surface area contributed by atoms with Crippen molar-refractivity contribution >= 4 is 11.6 Å². The zero-order valence-corrected chi connectivity index (χ0v) is 12.9. The molecule has 0 aromatic carbocycles. The monoisotopic (exact) mass is 289 g/mol. The number of aliphatic hydroxyl groups excluding tert-OH is 1. The minimum absolute atomic E-state index is 0.272. The van der Waals surface area contributed by atoms with Gasteiger partial charge in [0.25, 0.3) is 0 Å². The van der Waals surface area contributed by atoms with E-state index in [1.807, 2.05) is 21.0 Å². The van der Waals surface area contributed by atoms with Crippen LogP contribution in [0.1, 0.15) is 25.1 Å². The normalized spacial score (nSPS) is 14.9. The standard InChI is InChI=1S/C13H24ClN3O2/c1-10(9-19-4)7-12(18)13-11(14)8-15-17(13)6-5-16(2)3/h8,10,12,18H,5-7,9H2,1-4H3. The van der Waals surface area contributed by atoms with Gasteiger partial charge in [0.15, 0.2) is 0 Å². The van der Waals surface area contributed by atoms with Gasteiger partial charge in [-0.05, 0) is 26.4 Å². The number of likely N-dealkylation sites (N-methyl/N-ethyl adjacent to an activating group) is 1. The molecule has 0 radical (unpaired) electrons. The molecule has 1 rings (SSSR count). The third kappa shape index (κ3) is 5.10. The molecule has 1 heterocycles. The van der Waals surface area contributed by atoms with Gasteiger partial charge in [-0.2, -0.15) is 5.10 Å². The van der Waals surface area contributed by atoms with Crippen LogP contribution in [0.4, 0.5) is 0 Å². The summed E-state index contributed by atoms with van der Waals surface area (Å²) in [4.78, 5) is 2.07. The topological polar surface area (TPSA) is 50.5 Å². The molecule has 0 fully saturated rings. The lowest BCUT2D eigenvalue weighted by Crippen LogP contribution is -2.21. The fourth-order valence-corrected chi connectivity index (χ4v) is 2.29. The summed E-state index contributed by atoms with van der Waals surface area (Å²) < 4.78 is 6.87. The first-order valence-corrected chi connectivity index (χ1v) is 6.86. The third-order valence-electron chi connectivity index (χ3n) is 2.98. The Morgan fingerprint density at radius 3 is 2.79 bits per heavy atom. The van der Waals surface area contributed by atoms with E-state index in [-0.39, 0.29) is 5.92 Å². The number of aromatic nitrogens is 2. The molecule has 19 heavy (non-hydrogen) atoms. The molecule has 5 nitrogen and oxygen atoms in total. The Morgan fingerprint density at radius 2 is 2.21 bits per heavy atom. The highest BCUT2D eigenvalue weighted by Gasteiger charge is 2.20. The van der Waals surface area contributed by atoms with Gasteiger partial charge >= 0.3 is 0 Å². The Kier molecular flexibility index (Phi) is 6.79. The molecule has 0 saturated carbocycles. The molecule has 0 aliphatic rings. The SMILES string of the molecule is COCC(C)CC(O)c1c(Cl)cnn1CCN(C)C. The summed E-state index contributed by atoms with van der Waals surface area (Å²) in [6, 6.07) is 0. The summed E-state index contributed by atoms with van der Waals surface area (Å²) in [6.07, 6.45) is 1.60. The van der Waals surface area contributed by atoms with Crippen LogP contribution in [-0.2, 0) is 11.3 Å². The number of aliphatic hydroxyl groups is 1. The summed E-state index contributed by atoms with van der Waals surface area (Å²) in [5, 5.41) is 15.1. The summed E-state index contributed by atoms with van der Waals surface area (Å²) >= 11 is 6.13. The van der Waals surface area contributed by atoms with Crippen molar-refractivity contribution in [3.8, 4) is 0 Å². The molecule has 2 unspecified atom stereocenters. The second-order valence-electron chi connectivity index (χ2n) is 5.22. The van der Waals surface area contributed by atoms with Gasteiger partial charge in [-0.1, -0.05) is 18.5 Å². The molecule has 1 aromatic rings. The molecule has 0 saturated heterocycles. The highest BCUT2D eigenvalue weighted by molar-refractivity contribution is 6.31. The predicted molar refractivity (Wildman–Crippen MR) is 76.4 cm³/mol. The quantitative estimate of drug-likeness (QED) is 0.793. The molecule has 0 aliphatic heterocycles. The van der Waals surface area contributed by atoms with Gasteiger partial charge in [0.2, 0.25) is 0 Å². The number of nitrogens with zero attached hydrogens (tertiary/aromatic N) is 3. The minimum Gasteiger partial charge on any atom is -0.387 e.